The molecule has 4 nitrogen and oxygen atoms in total. The summed E-state index contributed by atoms with van der Waals surface area (Å²) in [5, 5.41) is 16.1. The van der Waals surface area contributed by atoms with Gasteiger partial charge in [0, 0.05) is 23.4 Å². The van der Waals surface area contributed by atoms with Gasteiger partial charge >= 0.3 is 0 Å². The molecular weight excluding hydrogens is 306 g/mol. The minimum absolute atomic E-state index is 0.414. The summed E-state index contributed by atoms with van der Waals surface area (Å²) in [6.07, 6.45) is 1.94. The molecule has 4 rings (SSSR count). The van der Waals surface area contributed by atoms with E-state index in [-0.39, 0.29) is 0 Å². The second-order valence-electron chi connectivity index (χ2n) is 6.13. The minimum Gasteiger partial charge on any atom is -0.392 e. The van der Waals surface area contributed by atoms with Crippen LogP contribution in [0, 0.1) is 0 Å². The lowest BCUT2D eigenvalue weighted by molar-refractivity contribution is 0.208. The van der Waals surface area contributed by atoms with E-state index in [0.29, 0.717) is 12.5 Å². The highest BCUT2D eigenvalue weighted by Gasteiger charge is 2.28. The van der Waals surface area contributed by atoms with E-state index in [9.17, 15) is 5.11 Å². The molecule has 1 aliphatic carbocycles. The molecule has 1 aromatic carbocycles. The summed E-state index contributed by atoms with van der Waals surface area (Å²) in [6.45, 7) is 2.26. The van der Waals surface area contributed by atoms with Gasteiger partial charge in [0.25, 0.3) is 0 Å². The van der Waals surface area contributed by atoms with Crippen LogP contribution in [0.5, 0.6) is 0 Å². The number of hydrogen-bond acceptors (Lipinski definition) is 5. The monoisotopic (exact) mass is 325 g/mol. The second-order valence-corrected chi connectivity index (χ2v) is 6.99. The molecule has 2 aromatic heterocycles. The van der Waals surface area contributed by atoms with Gasteiger partial charge in [-0.25, -0.2) is 9.97 Å². The maximum Gasteiger partial charge on any atom is 0.139 e. The summed E-state index contributed by atoms with van der Waals surface area (Å²) in [4.78, 5) is 10.6. The number of aliphatic hydroxyl groups excluding tert-OH is 1. The highest BCUT2D eigenvalue weighted by atomic mass is 32.1. The molecule has 1 atom stereocenters. The first-order chi connectivity index (χ1) is 11.2. The molecule has 0 saturated heterocycles. The number of benzene rings is 1. The van der Waals surface area contributed by atoms with E-state index < -0.39 is 6.10 Å². The molecule has 0 radical (unpaired) electrons. The Hall–Kier alpha value is -1.98. The largest absolute Gasteiger partial charge is 0.392 e. The molecule has 23 heavy (non-hydrogen) atoms. The maximum atomic E-state index is 9.61. The molecule has 5 heteroatoms. The van der Waals surface area contributed by atoms with Crippen LogP contribution in [0.2, 0.25) is 0 Å². The number of hydrogen-bond donors (Lipinski definition) is 2. The Morgan fingerprint density at radius 3 is 2.74 bits per heavy atom. The van der Waals surface area contributed by atoms with Gasteiger partial charge in [-0.1, -0.05) is 30.3 Å². The van der Waals surface area contributed by atoms with Crippen LogP contribution in [0.1, 0.15) is 31.5 Å². The normalized spacial score (nSPS) is 15.7. The van der Waals surface area contributed by atoms with Gasteiger partial charge in [0.15, 0.2) is 0 Å². The number of rotatable bonds is 5. The number of nitrogens with one attached hydrogen (secondary N) is 1. The average Bonchev–Trinajstić information content (AvgIpc) is 3.33. The topological polar surface area (TPSA) is 58.0 Å². The van der Waals surface area contributed by atoms with Crippen molar-refractivity contribution < 1.29 is 5.11 Å². The quantitative estimate of drug-likeness (QED) is 0.743. The number of nitrogens with zero attached hydrogens (tertiary/aromatic N) is 2. The van der Waals surface area contributed by atoms with Gasteiger partial charge in [0.2, 0.25) is 0 Å². The Bertz CT molecular complexity index is 825. The third-order valence-corrected chi connectivity index (χ3v) is 4.92. The summed E-state index contributed by atoms with van der Waals surface area (Å²) >= 11 is 1.66. The van der Waals surface area contributed by atoms with Crippen LogP contribution in [-0.2, 0) is 0 Å². The van der Waals surface area contributed by atoms with Gasteiger partial charge in [-0.3, -0.25) is 0 Å². The Morgan fingerprint density at radius 1 is 1.26 bits per heavy atom. The van der Waals surface area contributed by atoms with Crippen LogP contribution in [0.25, 0.3) is 21.3 Å². The Balaban J connectivity index is 1.85. The smallest absolute Gasteiger partial charge is 0.139 e. The zero-order valence-corrected chi connectivity index (χ0v) is 13.8. The van der Waals surface area contributed by atoms with Crippen molar-refractivity contribution in [2.45, 2.75) is 31.8 Å². The van der Waals surface area contributed by atoms with Crippen molar-refractivity contribution in [2.24, 2.45) is 0 Å². The van der Waals surface area contributed by atoms with E-state index in [1.807, 2.05) is 18.2 Å². The van der Waals surface area contributed by atoms with Crippen LogP contribution in [-0.4, -0.2) is 27.7 Å². The fourth-order valence-corrected chi connectivity index (χ4v) is 3.64. The van der Waals surface area contributed by atoms with Crippen molar-refractivity contribution >= 4 is 27.4 Å². The third kappa shape index (κ3) is 2.94. The zero-order valence-electron chi connectivity index (χ0n) is 13.0. The number of aliphatic hydroxyl groups is 1. The van der Waals surface area contributed by atoms with E-state index in [1.165, 1.54) is 18.4 Å². The van der Waals surface area contributed by atoms with E-state index in [4.69, 9.17) is 9.97 Å². The average molecular weight is 325 g/mol. The van der Waals surface area contributed by atoms with Crippen molar-refractivity contribution in [3.8, 4) is 11.1 Å². The Morgan fingerprint density at radius 2 is 2.04 bits per heavy atom. The van der Waals surface area contributed by atoms with Crippen LogP contribution >= 0.6 is 11.3 Å². The van der Waals surface area contributed by atoms with Crippen molar-refractivity contribution in [3.63, 3.8) is 0 Å². The molecule has 1 aliphatic rings. The van der Waals surface area contributed by atoms with Gasteiger partial charge in [-0.15, -0.1) is 11.3 Å². The first kappa shape index (κ1) is 14.6. The first-order valence-electron chi connectivity index (χ1n) is 7.99. The van der Waals surface area contributed by atoms with E-state index in [0.717, 1.165) is 27.4 Å². The van der Waals surface area contributed by atoms with E-state index in [1.54, 1.807) is 18.3 Å². The lowest BCUT2D eigenvalue weighted by Gasteiger charge is -2.11. The molecule has 118 valence electrons. The van der Waals surface area contributed by atoms with Crippen molar-refractivity contribution in [2.75, 3.05) is 11.9 Å². The maximum absolute atomic E-state index is 9.61. The van der Waals surface area contributed by atoms with E-state index in [2.05, 4.69) is 22.8 Å². The van der Waals surface area contributed by atoms with Gasteiger partial charge in [0.05, 0.1) is 11.5 Å². The number of thiophene rings is 1. The number of aromatic nitrogens is 2. The van der Waals surface area contributed by atoms with Crippen LogP contribution in [0.3, 0.4) is 0 Å². The van der Waals surface area contributed by atoms with Crippen LogP contribution < -0.4 is 5.32 Å². The Kier molecular flexibility index (Phi) is 3.75. The lowest BCUT2D eigenvalue weighted by atomic mass is 10.1. The summed E-state index contributed by atoms with van der Waals surface area (Å²) in [5.74, 6) is 2.29. The molecule has 3 aromatic rings. The molecule has 0 aliphatic heterocycles. The van der Waals surface area contributed by atoms with Gasteiger partial charge in [0.1, 0.15) is 16.5 Å². The molecule has 1 fully saturated rings. The predicted octanol–water partition coefficient (Wildman–Crippen LogP) is 4.03. The fourth-order valence-electron chi connectivity index (χ4n) is 2.68. The van der Waals surface area contributed by atoms with E-state index >= 15 is 0 Å². The second kappa shape index (κ2) is 5.91. The molecule has 0 amide bonds. The van der Waals surface area contributed by atoms with Crippen molar-refractivity contribution in [1.82, 2.24) is 9.97 Å². The van der Waals surface area contributed by atoms with Gasteiger partial charge < -0.3 is 10.4 Å². The SMILES string of the molecule is C[C@@H](O)CNc1nc(C2CC2)nc2scc(-c3ccccc3)c12. The number of fused-ring (bicyclic) bond motifs is 1. The molecule has 0 bridgehead atoms. The molecule has 2 N–H and O–H groups in total. The first-order valence-corrected chi connectivity index (χ1v) is 8.87. The lowest BCUT2D eigenvalue weighted by Crippen LogP contribution is -2.16. The summed E-state index contributed by atoms with van der Waals surface area (Å²) in [7, 11) is 0. The molecule has 1 saturated carbocycles. The highest BCUT2D eigenvalue weighted by molar-refractivity contribution is 7.17. The highest BCUT2D eigenvalue weighted by Crippen LogP contribution is 2.42. The third-order valence-electron chi connectivity index (χ3n) is 4.04. The van der Waals surface area contributed by atoms with Crippen LogP contribution in [0.4, 0.5) is 5.82 Å². The summed E-state index contributed by atoms with van der Waals surface area (Å²) in [5.41, 5.74) is 2.32. The summed E-state index contributed by atoms with van der Waals surface area (Å²) in [6, 6.07) is 10.3. The minimum atomic E-state index is -0.414. The molecule has 2 heterocycles. The molecular formula is C18H19N3OS. The fraction of sp³-hybridized carbons (Fsp3) is 0.333. The van der Waals surface area contributed by atoms with Crippen molar-refractivity contribution in [3.05, 3.63) is 41.5 Å². The standard InChI is InChI=1S/C18H19N3OS/c1-11(22)9-19-17-15-14(12-5-3-2-4-6-12)10-23-18(15)21-16(20-17)13-7-8-13/h2-6,10-11,13,22H,7-9H2,1H3,(H,19,20,21)/t11-/m1/s1. The predicted molar refractivity (Wildman–Crippen MR) is 95.0 cm³/mol. The summed E-state index contributed by atoms with van der Waals surface area (Å²) < 4.78 is 0. The molecule has 0 unspecified atom stereocenters. The van der Waals surface area contributed by atoms with Gasteiger partial charge in [-0.2, -0.15) is 0 Å². The van der Waals surface area contributed by atoms with Crippen molar-refractivity contribution in [1.29, 1.82) is 0 Å². The molecule has 0 spiro atoms. The van der Waals surface area contributed by atoms with Crippen LogP contribution in [0.15, 0.2) is 35.7 Å². The zero-order chi connectivity index (χ0) is 15.8. The van der Waals surface area contributed by atoms with Gasteiger partial charge in [-0.05, 0) is 25.3 Å². The number of anilines is 1. The Labute approximate surface area is 139 Å².